The van der Waals surface area contributed by atoms with E-state index in [0.29, 0.717) is 35.1 Å². The molecule has 1 aromatic heterocycles. The second kappa shape index (κ2) is 6.12. The second-order valence-electron chi connectivity index (χ2n) is 6.45. The molecule has 1 aromatic carbocycles. The van der Waals surface area contributed by atoms with Crippen LogP contribution >= 0.6 is 15.9 Å². The minimum Gasteiger partial charge on any atom is -0.497 e. The van der Waals surface area contributed by atoms with Gasteiger partial charge < -0.3 is 14.2 Å². The number of pyridine rings is 1. The molecule has 0 unspecified atom stereocenters. The largest absolute Gasteiger partial charge is 0.497 e. The Labute approximate surface area is 148 Å². The second-order valence-corrected chi connectivity index (χ2v) is 7.20. The van der Waals surface area contributed by atoms with Crippen molar-refractivity contribution in [2.24, 2.45) is 0 Å². The maximum absolute atomic E-state index is 12.5. The lowest BCUT2D eigenvalue weighted by atomic mass is 10.1. The van der Waals surface area contributed by atoms with Gasteiger partial charge in [0, 0.05) is 10.8 Å². The van der Waals surface area contributed by atoms with E-state index in [2.05, 4.69) is 20.9 Å². The van der Waals surface area contributed by atoms with Crippen LogP contribution in [0.4, 0.5) is 10.6 Å². The van der Waals surface area contributed by atoms with E-state index in [9.17, 15) is 4.79 Å². The normalized spacial score (nSPS) is 14.1. The predicted octanol–water partition coefficient (Wildman–Crippen LogP) is 4.14. The van der Waals surface area contributed by atoms with Crippen LogP contribution in [0.3, 0.4) is 0 Å². The quantitative estimate of drug-likeness (QED) is 0.680. The Bertz CT molecular complexity index is 801. The lowest BCUT2D eigenvalue weighted by Gasteiger charge is -2.31. The summed E-state index contributed by atoms with van der Waals surface area (Å²) in [7, 11) is 1.61. The smallest absolute Gasteiger partial charge is 0.416 e. The van der Waals surface area contributed by atoms with E-state index in [1.54, 1.807) is 7.11 Å². The molecule has 0 N–H and O–H groups in total. The van der Waals surface area contributed by atoms with Crippen LogP contribution in [0, 0.1) is 0 Å². The summed E-state index contributed by atoms with van der Waals surface area (Å²) in [6, 6.07) is 5.64. The Morgan fingerprint density at radius 2 is 2.08 bits per heavy atom. The van der Waals surface area contributed by atoms with Crippen molar-refractivity contribution in [3.8, 4) is 11.5 Å². The molecule has 2 heterocycles. The van der Waals surface area contributed by atoms with Crippen molar-refractivity contribution >= 4 is 38.6 Å². The first kappa shape index (κ1) is 16.8. The topological polar surface area (TPSA) is 60.9 Å². The highest BCUT2D eigenvalue weighted by molar-refractivity contribution is 9.10. The highest BCUT2D eigenvalue weighted by atomic mass is 79.9. The van der Waals surface area contributed by atoms with Crippen molar-refractivity contribution in [1.82, 2.24) is 4.98 Å². The Kier molecular flexibility index (Phi) is 4.29. The number of nitrogens with zero attached hydrogens (tertiary/aromatic N) is 2. The van der Waals surface area contributed by atoms with Gasteiger partial charge in [-0.2, -0.15) is 0 Å². The van der Waals surface area contributed by atoms with Gasteiger partial charge in [0.1, 0.15) is 22.6 Å². The zero-order valence-electron chi connectivity index (χ0n) is 14.1. The molecule has 1 aliphatic heterocycles. The number of hydrogen-bond donors (Lipinski definition) is 0. The highest BCUT2D eigenvalue weighted by Gasteiger charge is 2.31. The standard InChI is InChI=1S/C17H19BrN2O4/c1-17(2,3)24-16(21)20-7-8-23-13-12-9-10(22-4)5-6-11(12)14(18)19-15(13)20/h5-6,9H,7-8H2,1-4H3. The monoisotopic (exact) mass is 394 g/mol. The summed E-state index contributed by atoms with van der Waals surface area (Å²) in [6.45, 7) is 6.27. The van der Waals surface area contributed by atoms with Gasteiger partial charge in [0.25, 0.3) is 0 Å². The molecule has 7 heteroatoms. The summed E-state index contributed by atoms with van der Waals surface area (Å²) < 4.78 is 17.2. The molecular formula is C17H19BrN2O4. The molecule has 0 aliphatic carbocycles. The van der Waals surface area contributed by atoms with Crippen molar-refractivity contribution in [1.29, 1.82) is 0 Å². The number of amides is 1. The molecule has 0 atom stereocenters. The van der Waals surface area contributed by atoms with E-state index < -0.39 is 11.7 Å². The third-order valence-electron chi connectivity index (χ3n) is 3.53. The van der Waals surface area contributed by atoms with Gasteiger partial charge in [-0.1, -0.05) is 0 Å². The van der Waals surface area contributed by atoms with Crippen molar-refractivity contribution in [2.45, 2.75) is 26.4 Å². The zero-order valence-corrected chi connectivity index (χ0v) is 15.6. The number of benzene rings is 1. The molecule has 0 bridgehead atoms. The number of rotatable bonds is 1. The van der Waals surface area contributed by atoms with Gasteiger partial charge in [0.2, 0.25) is 0 Å². The van der Waals surface area contributed by atoms with Crippen LogP contribution in [0.1, 0.15) is 20.8 Å². The van der Waals surface area contributed by atoms with Gasteiger partial charge in [-0.15, -0.1) is 0 Å². The van der Waals surface area contributed by atoms with Crippen molar-refractivity contribution in [2.75, 3.05) is 25.2 Å². The maximum Gasteiger partial charge on any atom is 0.416 e. The number of aromatic nitrogens is 1. The summed E-state index contributed by atoms with van der Waals surface area (Å²) >= 11 is 3.47. The molecular weight excluding hydrogens is 376 g/mol. The van der Waals surface area contributed by atoms with Gasteiger partial charge >= 0.3 is 6.09 Å². The van der Waals surface area contributed by atoms with Crippen molar-refractivity contribution in [3.05, 3.63) is 22.8 Å². The summed E-state index contributed by atoms with van der Waals surface area (Å²) in [5.74, 6) is 1.72. The summed E-state index contributed by atoms with van der Waals surface area (Å²) in [6.07, 6.45) is -0.436. The molecule has 0 fully saturated rings. The first-order valence-electron chi connectivity index (χ1n) is 7.61. The van der Waals surface area contributed by atoms with Gasteiger partial charge in [-0.05, 0) is 54.9 Å². The molecule has 24 heavy (non-hydrogen) atoms. The highest BCUT2D eigenvalue weighted by Crippen LogP contribution is 2.41. The molecule has 6 nitrogen and oxygen atoms in total. The van der Waals surface area contributed by atoms with Crippen LogP contribution in [0.5, 0.6) is 11.5 Å². The van der Waals surface area contributed by atoms with Crippen LogP contribution in [-0.4, -0.2) is 36.9 Å². The molecule has 1 aliphatic rings. The first-order valence-corrected chi connectivity index (χ1v) is 8.40. The third-order valence-corrected chi connectivity index (χ3v) is 4.14. The fourth-order valence-electron chi connectivity index (χ4n) is 2.51. The lowest BCUT2D eigenvalue weighted by molar-refractivity contribution is 0.0566. The van der Waals surface area contributed by atoms with Gasteiger partial charge in [0.05, 0.1) is 13.7 Å². The Balaban J connectivity index is 2.12. The van der Waals surface area contributed by atoms with E-state index in [-0.39, 0.29) is 0 Å². The lowest BCUT2D eigenvalue weighted by Crippen LogP contribution is -2.42. The van der Waals surface area contributed by atoms with Crippen molar-refractivity contribution < 1.29 is 19.0 Å². The van der Waals surface area contributed by atoms with Gasteiger partial charge in [-0.3, -0.25) is 4.90 Å². The Morgan fingerprint density at radius 1 is 1.33 bits per heavy atom. The fourth-order valence-corrected chi connectivity index (χ4v) is 3.02. The number of halogens is 1. The minimum atomic E-state index is -0.577. The molecule has 3 rings (SSSR count). The van der Waals surface area contributed by atoms with E-state index in [1.807, 2.05) is 39.0 Å². The fraction of sp³-hybridized carbons (Fsp3) is 0.412. The summed E-state index contributed by atoms with van der Waals surface area (Å²) in [4.78, 5) is 18.5. The van der Waals surface area contributed by atoms with Crippen LogP contribution in [0.15, 0.2) is 22.8 Å². The van der Waals surface area contributed by atoms with Crippen molar-refractivity contribution in [3.63, 3.8) is 0 Å². The Hall–Kier alpha value is -2.02. The SMILES string of the molecule is COc1ccc2c(Br)nc3c(c2c1)OCCN3C(=O)OC(C)(C)C. The van der Waals surface area contributed by atoms with Crippen LogP contribution in [-0.2, 0) is 4.74 Å². The molecule has 0 saturated carbocycles. The summed E-state index contributed by atoms with van der Waals surface area (Å²) in [5.41, 5.74) is -0.577. The molecule has 0 radical (unpaired) electrons. The molecule has 2 aromatic rings. The number of ether oxygens (including phenoxy) is 3. The molecule has 1 amide bonds. The minimum absolute atomic E-state index is 0.377. The summed E-state index contributed by atoms with van der Waals surface area (Å²) in [5, 5.41) is 1.72. The number of carbonyl (C=O) groups is 1. The molecule has 0 saturated heterocycles. The molecule has 0 spiro atoms. The number of carbonyl (C=O) groups excluding carboxylic acids is 1. The number of methoxy groups -OCH3 is 1. The third kappa shape index (κ3) is 3.13. The van der Waals surface area contributed by atoms with Gasteiger partial charge in [-0.25, -0.2) is 9.78 Å². The van der Waals surface area contributed by atoms with E-state index >= 15 is 0 Å². The van der Waals surface area contributed by atoms with Crippen LogP contribution in [0.25, 0.3) is 10.8 Å². The van der Waals surface area contributed by atoms with Gasteiger partial charge in [0.15, 0.2) is 11.6 Å². The molecule has 128 valence electrons. The Morgan fingerprint density at radius 3 is 2.75 bits per heavy atom. The average Bonchev–Trinajstić information content (AvgIpc) is 2.52. The number of hydrogen-bond acceptors (Lipinski definition) is 5. The number of anilines is 1. The van der Waals surface area contributed by atoms with E-state index in [0.717, 1.165) is 10.8 Å². The predicted molar refractivity (Wildman–Crippen MR) is 95.1 cm³/mol. The number of fused-ring (bicyclic) bond motifs is 3. The van der Waals surface area contributed by atoms with Crippen LogP contribution in [0.2, 0.25) is 0 Å². The zero-order chi connectivity index (χ0) is 17.5. The average molecular weight is 395 g/mol. The maximum atomic E-state index is 12.5. The van der Waals surface area contributed by atoms with E-state index in [4.69, 9.17) is 14.2 Å². The van der Waals surface area contributed by atoms with E-state index in [1.165, 1.54) is 4.90 Å². The van der Waals surface area contributed by atoms with Crippen LogP contribution < -0.4 is 14.4 Å². The first-order chi connectivity index (χ1) is 11.3.